The molecule has 6 heteroatoms. The van der Waals surface area contributed by atoms with E-state index in [2.05, 4.69) is 54.5 Å². The van der Waals surface area contributed by atoms with E-state index < -0.39 is 5.97 Å². The SMILES string of the molecule is CCCCN(CCCc1ccc(C(=O)O)cc1)Cc1c(Cl)nc(-c2ccccc2C)n1CCCC. The summed E-state index contributed by atoms with van der Waals surface area (Å²) in [6.45, 7) is 10.2. The van der Waals surface area contributed by atoms with E-state index in [0.717, 1.165) is 81.8 Å². The molecule has 0 saturated heterocycles. The van der Waals surface area contributed by atoms with Crippen molar-refractivity contribution in [2.45, 2.75) is 72.4 Å². The maximum atomic E-state index is 11.1. The van der Waals surface area contributed by atoms with Gasteiger partial charge in [0, 0.05) is 18.7 Å². The Hall–Kier alpha value is -2.63. The first kappa shape index (κ1) is 27.0. The Balaban J connectivity index is 1.77. The molecule has 0 spiro atoms. The first-order valence-corrected chi connectivity index (χ1v) is 13.2. The molecule has 0 radical (unpaired) electrons. The van der Waals surface area contributed by atoms with Crippen molar-refractivity contribution in [1.29, 1.82) is 0 Å². The minimum absolute atomic E-state index is 0.331. The Labute approximate surface area is 214 Å². The van der Waals surface area contributed by atoms with E-state index in [1.807, 2.05) is 12.1 Å². The lowest BCUT2D eigenvalue weighted by molar-refractivity contribution is 0.0697. The summed E-state index contributed by atoms with van der Waals surface area (Å²) in [4.78, 5) is 18.4. The van der Waals surface area contributed by atoms with Gasteiger partial charge in [-0.15, -0.1) is 0 Å². The number of rotatable bonds is 14. The topological polar surface area (TPSA) is 58.4 Å². The Kier molecular flexibility index (Phi) is 10.4. The van der Waals surface area contributed by atoms with Crippen molar-refractivity contribution < 1.29 is 9.90 Å². The second-order valence-corrected chi connectivity index (χ2v) is 9.59. The van der Waals surface area contributed by atoms with Crippen molar-refractivity contribution in [1.82, 2.24) is 14.5 Å². The van der Waals surface area contributed by atoms with E-state index in [1.165, 1.54) is 11.1 Å². The molecule has 1 aromatic heterocycles. The van der Waals surface area contributed by atoms with Crippen LogP contribution in [0.4, 0.5) is 0 Å². The van der Waals surface area contributed by atoms with Gasteiger partial charge in [0.05, 0.1) is 11.3 Å². The van der Waals surface area contributed by atoms with Crippen LogP contribution in [0.25, 0.3) is 11.4 Å². The second-order valence-electron chi connectivity index (χ2n) is 9.23. The van der Waals surface area contributed by atoms with Gasteiger partial charge in [0.15, 0.2) is 5.15 Å². The van der Waals surface area contributed by atoms with Gasteiger partial charge in [-0.1, -0.05) is 74.7 Å². The summed E-state index contributed by atoms with van der Waals surface area (Å²) in [5.41, 5.74) is 4.94. The smallest absolute Gasteiger partial charge is 0.335 e. The number of carboxylic acids is 1. The summed E-state index contributed by atoms with van der Waals surface area (Å²) in [5, 5.41) is 9.71. The van der Waals surface area contributed by atoms with E-state index in [0.29, 0.717) is 10.7 Å². The third-order valence-corrected chi connectivity index (χ3v) is 6.79. The van der Waals surface area contributed by atoms with Crippen molar-refractivity contribution in [3.8, 4) is 11.4 Å². The number of aryl methyl sites for hydroxylation is 2. The third-order valence-electron chi connectivity index (χ3n) is 6.49. The molecule has 0 atom stereocenters. The van der Waals surface area contributed by atoms with E-state index in [-0.39, 0.29) is 0 Å². The Morgan fingerprint density at radius 2 is 1.69 bits per heavy atom. The van der Waals surface area contributed by atoms with Crippen LogP contribution in [0, 0.1) is 6.92 Å². The average Bonchev–Trinajstić information content (AvgIpc) is 3.16. The highest BCUT2D eigenvalue weighted by Gasteiger charge is 2.20. The molecule has 35 heavy (non-hydrogen) atoms. The molecule has 0 aliphatic heterocycles. The largest absolute Gasteiger partial charge is 0.478 e. The summed E-state index contributed by atoms with van der Waals surface area (Å²) >= 11 is 6.77. The molecule has 1 heterocycles. The van der Waals surface area contributed by atoms with Gasteiger partial charge in [0.1, 0.15) is 5.82 Å². The van der Waals surface area contributed by atoms with Crippen LogP contribution in [0.3, 0.4) is 0 Å². The van der Waals surface area contributed by atoms with E-state index >= 15 is 0 Å². The average molecular weight is 496 g/mol. The molecular formula is C29H38ClN3O2. The lowest BCUT2D eigenvalue weighted by Crippen LogP contribution is -2.27. The number of hydrogen-bond donors (Lipinski definition) is 1. The fourth-order valence-corrected chi connectivity index (χ4v) is 4.62. The van der Waals surface area contributed by atoms with Crippen molar-refractivity contribution in [2.24, 2.45) is 0 Å². The fourth-order valence-electron chi connectivity index (χ4n) is 4.38. The first-order valence-electron chi connectivity index (χ1n) is 12.8. The molecule has 0 aliphatic rings. The summed E-state index contributed by atoms with van der Waals surface area (Å²) < 4.78 is 2.33. The maximum Gasteiger partial charge on any atom is 0.335 e. The standard InChI is InChI=1S/C29H38ClN3O2/c1-4-6-18-32(19-10-12-23-14-16-24(17-15-23)29(34)35)21-26-27(30)31-28(33(26)20-7-5-2)25-13-9-8-11-22(25)3/h8-9,11,13-17H,4-7,10,12,18-21H2,1-3H3,(H,34,35). The number of halogens is 1. The van der Waals surface area contributed by atoms with Gasteiger partial charge < -0.3 is 9.67 Å². The Morgan fingerprint density at radius 1 is 1.00 bits per heavy atom. The monoisotopic (exact) mass is 495 g/mol. The molecule has 3 aromatic rings. The molecule has 0 bridgehead atoms. The van der Waals surface area contributed by atoms with Crippen molar-refractivity contribution in [3.05, 3.63) is 76.1 Å². The molecule has 0 amide bonds. The molecular weight excluding hydrogens is 458 g/mol. The van der Waals surface area contributed by atoms with Gasteiger partial charge in [-0.3, -0.25) is 4.90 Å². The normalized spacial score (nSPS) is 11.3. The van der Waals surface area contributed by atoms with Crippen LogP contribution in [-0.2, 0) is 19.5 Å². The predicted molar refractivity (Wildman–Crippen MR) is 144 cm³/mol. The molecule has 2 aromatic carbocycles. The number of aromatic carboxylic acids is 1. The number of aromatic nitrogens is 2. The summed E-state index contributed by atoms with van der Waals surface area (Å²) in [7, 11) is 0. The van der Waals surface area contributed by atoms with E-state index in [4.69, 9.17) is 21.7 Å². The quantitative estimate of drug-likeness (QED) is 0.256. The molecule has 0 aliphatic carbocycles. The number of nitrogens with zero attached hydrogens (tertiary/aromatic N) is 3. The summed E-state index contributed by atoms with van der Waals surface area (Å²) in [6.07, 6.45) is 6.40. The van der Waals surface area contributed by atoms with Gasteiger partial charge in [-0.25, -0.2) is 9.78 Å². The zero-order chi connectivity index (χ0) is 25.2. The number of unbranched alkanes of at least 4 members (excludes halogenated alkanes) is 2. The van der Waals surface area contributed by atoms with Gasteiger partial charge in [-0.05, 0) is 69.0 Å². The molecule has 1 N–H and O–H groups in total. The fraction of sp³-hybridized carbons (Fsp3) is 0.448. The highest BCUT2D eigenvalue weighted by atomic mass is 35.5. The van der Waals surface area contributed by atoms with Gasteiger partial charge >= 0.3 is 5.97 Å². The minimum Gasteiger partial charge on any atom is -0.478 e. The minimum atomic E-state index is -0.885. The van der Waals surface area contributed by atoms with Crippen molar-refractivity contribution >= 4 is 17.6 Å². The van der Waals surface area contributed by atoms with Crippen molar-refractivity contribution in [3.63, 3.8) is 0 Å². The van der Waals surface area contributed by atoms with Gasteiger partial charge in [0.25, 0.3) is 0 Å². The number of carboxylic acid groups (broad SMARTS) is 1. The highest BCUT2D eigenvalue weighted by Crippen LogP contribution is 2.29. The third kappa shape index (κ3) is 7.42. The molecule has 3 rings (SSSR count). The van der Waals surface area contributed by atoms with Crippen LogP contribution in [0.5, 0.6) is 0 Å². The maximum absolute atomic E-state index is 11.1. The number of benzene rings is 2. The second kappa shape index (κ2) is 13.5. The molecule has 188 valence electrons. The van der Waals surface area contributed by atoms with Crippen LogP contribution >= 0.6 is 11.6 Å². The van der Waals surface area contributed by atoms with Crippen LogP contribution in [0.2, 0.25) is 5.15 Å². The highest BCUT2D eigenvalue weighted by molar-refractivity contribution is 6.30. The van der Waals surface area contributed by atoms with Crippen LogP contribution < -0.4 is 0 Å². The lowest BCUT2D eigenvalue weighted by Gasteiger charge is -2.23. The van der Waals surface area contributed by atoms with Crippen LogP contribution in [0.1, 0.15) is 73.1 Å². The molecule has 5 nitrogen and oxygen atoms in total. The molecule has 0 saturated carbocycles. The number of imidazole rings is 1. The molecule has 0 fully saturated rings. The summed E-state index contributed by atoms with van der Waals surface area (Å²) in [5.74, 6) is 0.0782. The Bertz CT molecular complexity index is 1090. The van der Waals surface area contributed by atoms with Crippen LogP contribution in [-0.4, -0.2) is 38.6 Å². The zero-order valence-electron chi connectivity index (χ0n) is 21.3. The Morgan fingerprint density at radius 3 is 2.34 bits per heavy atom. The van der Waals surface area contributed by atoms with Crippen molar-refractivity contribution in [2.75, 3.05) is 13.1 Å². The number of carbonyl (C=O) groups is 1. The first-order chi connectivity index (χ1) is 16.9. The zero-order valence-corrected chi connectivity index (χ0v) is 22.0. The van der Waals surface area contributed by atoms with Gasteiger partial charge in [0.2, 0.25) is 0 Å². The summed E-state index contributed by atoms with van der Waals surface area (Å²) in [6, 6.07) is 15.6. The predicted octanol–water partition coefficient (Wildman–Crippen LogP) is 7.25. The molecule has 0 unspecified atom stereocenters. The van der Waals surface area contributed by atoms with Crippen LogP contribution in [0.15, 0.2) is 48.5 Å². The number of hydrogen-bond acceptors (Lipinski definition) is 3. The van der Waals surface area contributed by atoms with Gasteiger partial charge in [-0.2, -0.15) is 0 Å². The lowest BCUT2D eigenvalue weighted by atomic mass is 10.1. The van der Waals surface area contributed by atoms with E-state index in [9.17, 15) is 4.79 Å². The van der Waals surface area contributed by atoms with E-state index in [1.54, 1.807) is 12.1 Å².